The Bertz CT molecular complexity index is 709. The second-order valence-electron chi connectivity index (χ2n) is 4.75. The molecule has 0 spiro atoms. The van der Waals surface area contributed by atoms with Crippen LogP contribution in [0.2, 0.25) is 5.02 Å². The number of carbonyl (C=O) groups excluding carboxylic acids is 1. The number of halogens is 1. The zero-order valence-electron chi connectivity index (χ0n) is 11.5. The van der Waals surface area contributed by atoms with Crippen molar-refractivity contribution in [2.24, 2.45) is 0 Å². The van der Waals surface area contributed by atoms with E-state index in [1.807, 2.05) is 32.0 Å². The minimum absolute atomic E-state index is 0.00273. The first-order chi connectivity index (χ1) is 9.86. The van der Waals surface area contributed by atoms with Gasteiger partial charge >= 0.3 is 0 Å². The number of nitro benzene ring substituents is 1. The molecule has 0 atom stereocenters. The van der Waals surface area contributed by atoms with Crippen molar-refractivity contribution in [3.05, 3.63) is 68.2 Å². The van der Waals surface area contributed by atoms with Crippen LogP contribution in [0.4, 0.5) is 11.4 Å². The molecule has 1 amide bonds. The van der Waals surface area contributed by atoms with Gasteiger partial charge in [0.2, 0.25) is 0 Å². The number of carbonyl (C=O) groups is 1. The number of benzene rings is 2. The standard InChI is InChI=1S/C15H13ClN2O3/c1-9-5-10(2)7-12(6-9)17-15(19)11-3-4-13(16)14(8-11)18(20)21/h3-8H,1-2H3,(H,17,19). The second-order valence-corrected chi connectivity index (χ2v) is 5.16. The van der Waals surface area contributed by atoms with Crippen LogP contribution in [0, 0.1) is 24.0 Å². The van der Waals surface area contributed by atoms with Crippen LogP contribution < -0.4 is 5.32 Å². The van der Waals surface area contributed by atoms with E-state index in [1.54, 1.807) is 0 Å². The molecule has 0 unspecified atom stereocenters. The molecular formula is C15H13ClN2O3. The highest BCUT2D eigenvalue weighted by atomic mass is 35.5. The third-order valence-corrected chi connectivity index (χ3v) is 3.20. The van der Waals surface area contributed by atoms with E-state index >= 15 is 0 Å². The quantitative estimate of drug-likeness (QED) is 0.685. The number of nitro groups is 1. The Labute approximate surface area is 126 Å². The molecule has 5 nitrogen and oxygen atoms in total. The maximum absolute atomic E-state index is 12.1. The average molecular weight is 305 g/mol. The molecule has 0 radical (unpaired) electrons. The van der Waals surface area contributed by atoms with E-state index in [9.17, 15) is 14.9 Å². The van der Waals surface area contributed by atoms with E-state index in [4.69, 9.17) is 11.6 Å². The molecule has 0 fully saturated rings. The molecule has 0 bridgehead atoms. The molecule has 2 aromatic carbocycles. The molecule has 0 saturated carbocycles. The molecule has 0 aromatic heterocycles. The minimum atomic E-state index is -0.615. The van der Waals surface area contributed by atoms with Crippen LogP contribution in [0.5, 0.6) is 0 Å². The molecule has 1 N–H and O–H groups in total. The fraction of sp³-hybridized carbons (Fsp3) is 0.133. The van der Waals surface area contributed by atoms with E-state index < -0.39 is 10.8 Å². The molecule has 108 valence electrons. The van der Waals surface area contributed by atoms with E-state index in [2.05, 4.69) is 5.32 Å². The number of nitrogens with zero attached hydrogens (tertiary/aromatic N) is 1. The first kappa shape index (κ1) is 15.0. The molecule has 0 saturated heterocycles. The SMILES string of the molecule is Cc1cc(C)cc(NC(=O)c2ccc(Cl)c([N+](=O)[O-])c2)c1. The molecular weight excluding hydrogens is 292 g/mol. The lowest BCUT2D eigenvalue weighted by atomic mass is 10.1. The largest absolute Gasteiger partial charge is 0.322 e. The smallest absolute Gasteiger partial charge is 0.288 e. The summed E-state index contributed by atoms with van der Waals surface area (Å²) in [6.07, 6.45) is 0. The summed E-state index contributed by atoms with van der Waals surface area (Å²) in [6.45, 7) is 3.85. The maximum Gasteiger partial charge on any atom is 0.288 e. The summed E-state index contributed by atoms with van der Waals surface area (Å²) in [5.41, 5.74) is 2.59. The summed E-state index contributed by atoms with van der Waals surface area (Å²) in [6, 6.07) is 9.61. The number of rotatable bonds is 3. The predicted molar refractivity (Wildman–Crippen MR) is 82.0 cm³/mol. The Hall–Kier alpha value is -2.40. The Balaban J connectivity index is 2.28. The molecule has 0 aliphatic rings. The van der Waals surface area contributed by atoms with Gasteiger partial charge in [-0.1, -0.05) is 17.7 Å². The van der Waals surface area contributed by atoms with E-state index in [0.29, 0.717) is 5.69 Å². The Kier molecular flexibility index (Phi) is 4.23. The maximum atomic E-state index is 12.1. The van der Waals surface area contributed by atoms with Gasteiger partial charge < -0.3 is 5.32 Å². The van der Waals surface area contributed by atoms with Crippen LogP contribution in [0.15, 0.2) is 36.4 Å². The van der Waals surface area contributed by atoms with Gasteiger partial charge in [-0.3, -0.25) is 14.9 Å². The van der Waals surface area contributed by atoms with Crippen LogP contribution in [-0.4, -0.2) is 10.8 Å². The van der Waals surface area contributed by atoms with Gasteiger partial charge in [0.05, 0.1) is 4.92 Å². The van der Waals surface area contributed by atoms with Crippen molar-refractivity contribution in [1.82, 2.24) is 0 Å². The highest BCUT2D eigenvalue weighted by Gasteiger charge is 2.16. The topological polar surface area (TPSA) is 72.2 Å². The number of hydrogen-bond acceptors (Lipinski definition) is 3. The van der Waals surface area contributed by atoms with Crippen molar-refractivity contribution < 1.29 is 9.72 Å². The van der Waals surface area contributed by atoms with Crippen LogP contribution in [0.1, 0.15) is 21.5 Å². The van der Waals surface area contributed by atoms with Gasteiger partial charge in [0.15, 0.2) is 0 Å². The third-order valence-electron chi connectivity index (χ3n) is 2.88. The summed E-state index contributed by atoms with van der Waals surface area (Å²) in [5, 5.41) is 13.6. The normalized spacial score (nSPS) is 10.2. The second kappa shape index (κ2) is 5.93. The van der Waals surface area contributed by atoms with Crippen molar-refractivity contribution in [2.75, 3.05) is 5.32 Å². The van der Waals surface area contributed by atoms with Crippen LogP contribution in [0.25, 0.3) is 0 Å². The van der Waals surface area contributed by atoms with Gasteiger partial charge in [0.1, 0.15) is 5.02 Å². The summed E-state index contributed by atoms with van der Waals surface area (Å²) in [4.78, 5) is 22.4. The number of hydrogen-bond donors (Lipinski definition) is 1. The molecule has 21 heavy (non-hydrogen) atoms. The van der Waals surface area contributed by atoms with E-state index in [-0.39, 0.29) is 16.3 Å². The predicted octanol–water partition coefficient (Wildman–Crippen LogP) is 4.12. The summed E-state index contributed by atoms with van der Waals surface area (Å²) >= 11 is 5.72. The van der Waals surface area contributed by atoms with Crippen molar-refractivity contribution in [1.29, 1.82) is 0 Å². The fourth-order valence-electron chi connectivity index (χ4n) is 2.04. The molecule has 6 heteroatoms. The number of anilines is 1. The Morgan fingerprint density at radius 1 is 1.14 bits per heavy atom. The summed E-state index contributed by atoms with van der Waals surface area (Å²) < 4.78 is 0. The van der Waals surface area contributed by atoms with Gasteiger partial charge in [0, 0.05) is 17.3 Å². The van der Waals surface area contributed by atoms with Gasteiger partial charge in [-0.15, -0.1) is 0 Å². The van der Waals surface area contributed by atoms with Gasteiger partial charge in [-0.05, 0) is 49.2 Å². The number of nitrogens with one attached hydrogen (secondary N) is 1. The first-order valence-corrected chi connectivity index (χ1v) is 6.58. The van der Waals surface area contributed by atoms with Gasteiger partial charge in [-0.2, -0.15) is 0 Å². The molecule has 0 aliphatic heterocycles. The van der Waals surface area contributed by atoms with Crippen molar-refractivity contribution >= 4 is 28.9 Å². The third kappa shape index (κ3) is 3.58. The van der Waals surface area contributed by atoms with E-state index in [0.717, 1.165) is 11.1 Å². The van der Waals surface area contributed by atoms with Crippen molar-refractivity contribution in [2.45, 2.75) is 13.8 Å². The lowest BCUT2D eigenvalue weighted by molar-refractivity contribution is -0.384. The number of amides is 1. The van der Waals surface area contributed by atoms with Crippen LogP contribution >= 0.6 is 11.6 Å². The zero-order valence-corrected chi connectivity index (χ0v) is 12.3. The van der Waals surface area contributed by atoms with Crippen molar-refractivity contribution in [3.63, 3.8) is 0 Å². The summed E-state index contributed by atoms with van der Waals surface area (Å²) in [7, 11) is 0. The van der Waals surface area contributed by atoms with Gasteiger partial charge in [-0.25, -0.2) is 0 Å². The van der Waals surface area contributed by atoms with Crippen LogP contribution in [0.3, 0.4) is 0 Å². The summed E-state index contributed by atoms with van der Waals surface area (Å²) in [5.74, 6) is -0.417. The number of aryl methyl sites for hydroxylation is 2. The lowest BCUT2D eigenvalue weighted by Crippen LogP contribution is -2.12. The molecule has 0 aliphatic carbocycles. The van der Waals surface area contributed by atoms with Crippen molar-refractivity contribution in [3.8, 4) is 0 Å². The monoisotopic (exact) mass is 304 g/mol. The lowest BCUT2D eigenvalue weighted by Gasteiger charge is -2.08. The molecule has 2 rings (SSSR count). The molecule has 0 heterocycles. The average Bonchev–Trinajstić information content (AvgIpc) is 2.37. The first-order valence-electron chi connectivity index (χ1n) is 6.20. The Morgan fingerprint density at radius 3 is 2.33 bits per heavy atom. The molecule has 2 aromatic rings. The highest BCUT2D eigenvalue weighted by molar-refractivity contribution is 6.32. The highest BCUT2D eigenvalue weighted by Crippen LogP contribution is 2.25. The minimum Gasteiger partial charge on any atom is -0.322 e. The van der Waals surface area contributed by atoms with Crippen LogP contribution in [-0.2, 0) is 0 Å². The fourth-order valence-corrected chi connectivity index (χ4v) is 2.23. The Morgan fingerprint density at radius 2 is 1.76 bits per heavy atom. The van der Waals surface area contributed by atoms with Gasteiger partial charge in [0.25, 0.3) is 11.6 Å². The van der Waals surface area contributed by atoms with E-state index in [1.165, 1.54) is 18.2 Å². The zero-order chi connectivity index (χ0) is 15.6.